The van der Waals surface area contributed by atoms with Crippen LogP contribution in [0, 0.1) is 0 Å². The molecule has 0 aromatic heterocycles. The van der Waals surface area contributed by atoms with Crippen molar-refractivity contribution < 1.29 is 14.6 Å². The SMILES string of the molecule is CC(C)(CCCCC(=O)O)OCN. The maximum atomic E-state index is 10.2. The molecule has 0 unspecified atom stereocenters. The second-order valence-electron chi connectivity index (χ2n) is 3.67. The zero-order chi connectivity index (χ0) is 10.3. The molecule has 0 saturated heterocycles. The van der Waals surface area contributed by atoms with Crippen molar-refractivity contribution >= 4 is 5.97 Å². The van der Waals surface area contributed by atoms with Crippen LogP contribution in [0.15, 0.2) is 0 Å². The van der Waals surface area contributed by atoms with Gasteiger partial charge in [-0.25, -0.2) is 0 Å². The maximum Gasteiger partial charge on any atom is 0.303 e. The number of carboxylic acids is 1. The molecule has 4 nitrogen and oxygen atoms in total. The fraction of sp³-hybridized carbons (Fsp3) is 0.889. The Labute approximate surface area is 79.1 Å². The van der Waals surface area contributed by atoms with Crippen LogP contribution in [-0.4, -0.2) is 23.4 Å². The molecule has 13 heavy (non-hydrogen) atoms. The molecule has 0 aliphatic carbocycles. The number of aliphatic carboxylic acids is 1. The largest absolute Gasteiger partial charge is 0.481 e. The molecular weight excluding hydrogens is 170 g/mol. The van der Waals surface area contributed by atoms with E-state index in [4.69, 9.17) is 15.6 Å². The van der Waals surface area contributed by atoms with Crippen molar-refractivity contribution in [1.82, 2.24) is 0 Å². The van der Waals surface area contributed by atoms with Crippen molar-refractivity contribution in [3.63, 3.8) is 0 Å². The Morgan fingerprint density at radius 1 is 1.46 bits per heavy atom. The quantitative estimate of drug-likeness (QED) is 0.468. The van der Waals surface area contributed by atoms with Gasteiger partial charge in [0.25, 0.3) is 0 Å². The highest BCUT2D eigenvalue weighted by atomic mass is 16.5. The number of unbranched alkanes of at least 4 members (excludes halogenated alkanes) is 1. The molecule has 3 N–H and O–H groups in total. The molecule has 0 atom stereocenters. The van der Waals surface area contributed by atoms with Crippen molar-refractivity contribution in [1.29, 1.82) is 0 Å². The zero-order valence-electron chi connectivity index (χ0n) is 8.38. The molecule has 0 saturated carbocycles. The summed E-state index contributed by atoms with van der Waals surface area (Å²) in [5, 5.41) is 8.40. The van der Waals surface area contributed by atoms with Crippen molar-refractivity contribution in [2.75, 3.05) is 6.73 Å². The number of hydrogen-bond acceptors (Lipinski definition) is 3. The summed E-state index contributed by atoms with van der Waals surface area (Å²) in [5.41, 5.74) is 5.02. The molecule has 0 aromatic carbocycles. The van der Waals surface area contributed by atoms with Crippen LogP contribution in [-0.2, 0) is 9.53 Å². The third kappa shape index (κ3) is 7.74. The normalized spacial score (nSPS) is 11.6. The summed E-state index contributed by atoms with van der Waals surface area (Å²) in [5.74, 6) is -0.738. The van der Waals surface area contributed by atoms with Crippen molar-refractivity contribution in [2.24, 2.45) is 5.73 Å². The average molecular weight is 189 g/mol. The van der Waals surface area contributed by atoms with E-state index in [0.29, 0.717) is 6.42 Å². The summed E-state index contributed by atoms with van der Waals surface area (Å²) in [7, 11) is 0. The first kappa shape index (κ1) is 12.4. The van der Waals surface area contributed by atoms with Gasteiger partial charge in [0.1, 0.15) is 0 Å². The van der Waals surface area contributed by atoms with E-state index in [-0.39, 0.29) is 18.8 Å². The van der Waals surface area contributed by atoms with Crippen LogP contribution in [0.5, 0.6) is 0 Å². The van der Waals surface area contributed by atoms with Crippen LogP contribution in [0.3, 0.4) is 0 Å². The molecule has 0 spiro atoms. The summed E-state index contributed by atoms with van der Waals surface area (Å²) in [6.45, 7) is 4.13. The number of carboxylic acid groups (broad SMARTS) is 1. The van der Waals surface area contributed by atoms with Crippen LogP contribution >= 0.6 is 0 Å². The van der Waals surface area contributed by atoms with E-state index in [1.54, 1.807) is 0 Å². The van der Waals surface area contributed by atoms with E-state index in [1.807, 2.05) is 13.8 Å². The minimum atomic E-state index is -0.738. The van der Waals surface area contributed by atoms with Crippen LogP contribution < -0.4 is 5.73 Å². The monoisotopic (exact) mass is 189 g/mol. The van der Waals surface area contributed by atoms with Gasteiger partial charge in [0, 0.05) is 6.42 Å². The van der Waals surface area contributed by atoms with Gasteiger partial charge in [-0.1, -0.05) is 6.42 Å². The van der Waals surface area contributed by atoms with Crippen molar-refractivity contribution in [3.05, 3.63) is 0 Å². The first-order chi connectivity index (χ1) is 5.98. The van der Waals surface area contributed by atoms with E-state index in [9.17, 15) is 4.79 Å². The Balaban J connectivity index is 3.45. The van der Waals surface area contributed by atoms with Crippen molar-refractivity contribution in [3.8, 4) is 0 Å². The lowest BCUT2D eigenvalue weighted by atomic mass is 10.0. The minimum Gasteiger partial charge on any atom is -0.481 e. The standard InChI is InChI=1S/C9H19NO3/c1-9(2,13-7-10)6-4-3-5-8(11)12/h3-7,10H2,1-2H3,(H,11,12). The first-order valence-electron chi connectivity index (χ1n) is 4.54. The third-order valence-corrected chi connectivity index (χ3v) is 1.89. The van der Waals surface area contributed by atoms with Gasteiger partial charge in [0.2, 0.25) is 0 Å². The second-order valence-corrected chi connectivity index (χ2v) is 3.67. The summed E-state index contributed by atoms with van der Waals surface area (Å²) in [6.07, 6.45) is 2.64. The highest BCUT2D eigenvalue weighted by molar-refractivity contribution is 5.66. The fourth-order valence-corrected chi connectivity index (χ4v) is 1.12. The molecule has 0 bridgehead atoms. The van der Waals surface area contributed by atoms with Crippen LogP contribution in [0.2, 0.25) is 0 Å². The Kier molecular flexibility index (Phi) is 5.66. The average Bonchev–Trinajstić information content (AvgIpc) is 1.98. The summed E-state index contributed by atoms with van der Waals surface area (Å²) >= 11 is 0. The lowest BCUT2D eigenvalue weighted by molar-refractivity contribution is -0.137. The Hall–Kier alpha value is -0.610. The van der Waals surface area contributed by atoms with Gasteiger partial charge in [0.05, 0.1) is 12.3 Å². The second kappa shape index (κ2) is 5.94. The summed E-state index contributed by atoms with van der Waals surface area (Å²) in [4.78, 5) is 10.2. The number of nitrogens with two attached hydrogens (primary N) is 1. The number of rotatable bonds is 7. The number of carbonyl (C=O) groups is 1. The Morgan fingerprint density at radius 3 is 2.54 bits per heavy atom. The lowest BCUT2D eigenvalue weighted by Crippen LogP contribution is -2.27. The molecule has 0 heterocycles. The number of hydrogen-bond donors (Lipinski definition) is 2. The van der Waals surface area contributed by atoms with Gasteiger partial charge in [-0.2, -0.15) is 0 Å². The van der Waals surface area contributed by atoms with Crippen LogP contribution in [0.25, 0.3) is 0 Å². The van der Waals surface area contributed by atoms with Crippen LogP contribution in [0.4, 0.5) is 0 Å². The van der Waals surface area contributed by atoms with Gasteiger partial charge < -0.3 is 15.6 Å². The predicted octanol–water partition coefficient (Wildman–Crippen LogP) is 1.34. The molecule has 0 aromatic rings. The molecule has 0 radical (unpaired) electrons. The van der Waals surface area contributed by atoms with Gasteiger partial charge in [-0.15, -0.1) is 0 Å². The predicted molar refractivity (Wildman–Crippen MR) is 50.3 cm³/mol. The highest BCUT2D eigenvalue weighted by Gasteiger charge is 2.16. The molecule has 0 amide bonds. The van der Waals surface area contributed by atoms with Gasteiger partial charge in [0.15, 0.2) is 0 Å². The maximum absolute atomic E-state index is 10.2. The summed E-state index contributed by atoms with van der Waals surface area (Å²) in [6, 6.07) is 0. The van der Waals surface area contributed by atoms with Gasteiger partial charge in [-0.3, -0.25) is 4.79 Å². The molecule has 0 aliphatic rings. The molecule has 0 fully saturated rings. The van der Waals surface area contributed by atoms with E-state index in [2.05, 4.69) is 0 Å². The minimum absolute atomic E-state index is 0.214. The first-order valence-corrected chi connectivity index (χ1v) is 4.54. The van der Waals surface area contributed by atoms with E-state index in [1.165, 1.54) is 0 Å². The Morgan fingerprint density at radius 2 is 2.08 bits per heavy atom. The highest BCUT2D eigenvalue weighted by Crippen LogP contribution is 2.17. The van der Waals surface area contributed by atoms with E-state index < -0.39 is 5.97 Å². The lowest BCUT2D eigenvalue weighted by Gasteiger charge is -2.23. The smallest absolute Gasteiger partial charge is 0.303 e. The third-order valence-electron chi connectivity index (χ3n) is 1.89. The molecular formula is C9H19NO3. The Bertz CT molecular complexity index is 157. The topological polar surface area (TPSA) is 72.5 Å². The molecule has 0 rings (SSSR count). The molecule has 0 aliphatic heterocycles. The summed E-state index contributed by atoms with van der Waals surface area (Å²) < 4.78 is 5.27. The molecule has 4 heteroatoms. The van der Waals surface area contributed by atoms with E-state index in [0.717, 1.165) is 12.8 Å². The van der Waals surface area contributed by atoms with Crippen LogP contribution in [0.1, 0.15) is 39.5 Å². The number of ether oxygens (including phenoxy) is 1. The van der Waals surface area contributed by atoms with Gasteiger partial charge >= 0.3 is 5.97 Å². The zero-order valence-corrected chi connectivity index (χ0v) is 8.38. The fourth-order valence-electron chi connectivity index (χ4n) is 1.12. The van der Waals surface area contributed by atoms with Crippen molar-refractivity contribution in [2.45, 2.75) is 45.1 Å². The van der Waals surface area contributed by atoms with E-state index >= 15 is 0 Å². The van der Waals surface area contributed by atoms with Gasteiger partial charge in [-0.05, 0) is 26.7 Å². The molecule has 78 valence electrons.